The lowest BCUT2D eigenvalue weighted by Gasteiger charge is -2.57. The molecule has 4 saturated carbocycles. The van der Waals surface area contributed by atoms with Crippen LogP contribution in [0.2, 0.25) is 0 Å². The van der Waals surface area contributed by atoms with Crippen LogP contribution < -0.4 is 15.0 Å². The minimum atomic E-state index is -3.93. The standard InChI is InChI=1S/C32H34N6O4S/c1-20-28(19-35-25-5-9-27(10-6-25)43(40,41)37-29-30(42-2)34-12-11-33-29)31(39)38(36-20)26-7-3-24(4-8-26)32-16-21-13-22(17-32)15-23(14-21)18-32/h3-12,19,21-23,36H,13-18H2,1-2H3,(H,33,37). The highest BCUT2D eigenvalue weighted by Gasteiger charge is 2.51. The van der Waals surface area contributed by atoms with E-state index in [1.54, 1.807) is 16.8 Å². The van der Waals surface area contributed by atoms with E-state index in [4.69, 9.17) is 4.74 Å². The van der Waals surface area contributed by atoms with Crippen LogP contribution in [0.3, 0.4) is 0 Å². The fraction of sp³-hybridized carbons (Fsp3) is 0.375. The third-order valence-electron chi connectivity index (χ3n) is 9.47. The number of hydrogen-bond donors (Lipinski definition) is 2. The molecule has 8 rings (SSSR count). The maximum Gasteiger partial charge on any atom is 0.280 e. The number of H-pyrrole nitrogens is 1. The number of benzene rings is 2. The molecule has 0 atom stereocenters. The highest BCUT2D eigenvalue weighted by molar-refractivity contribution is 7.92. The summed E-state index contributed by atoms with van der Waals surface area (Å²) in [5.74, 6) is 2.71. The highest BCUT2D eigenvalue weighted by Crippen LogP contribution is 2.60. The lowest BCUT2D eigenvalue weighted by molar-refractivity contribution is -0.00518. The maximum absolute atomic E-state index is 13.4. The molecule has 4 fully saturated rings. The first-order valence-corrected chi connectivity index (χ1v) is 16.2. The third kappa shape index (κ3) is 5.05. The Morgan fingerprint density at radius 3 is 2.23 bits per heavy atom. The van der Waals surface area contributed by atoms with Gasteiger partial charge < -0.3 is 4.74 Å². The van der Waals surface area contributed by atoms with Crippen molar-refractivity contribution in [3.8, 4) is 11.6 Å². The minimum absolute atomic E-state index is 0.00584. The number of aryl methyl sites for hydroxylation is 1. The van der Waals surface area contributed by atoms with E-state index in [2.05, 4.69) is 49.0 Å². The number of nitrogens with one attached hydrogen (secondary N) is 2. The Kier molecular flexibility index (Phi) is 6.72. The first kappa shape index (κ1) is 27.6. The average molecular weight is 599 g/mol. The molecule has 2 N–H and O–H groups in total. The average Bonchev–Trinajstić information content (AvgIpc) is 3.28. The Morgan fingerprint density at radius 2 is 1.60 bits per heavy atom. The molecule has 0 spiro atoms. The van der Waals surface area contributed by atoms with Gasteiger partial charge in [0.05, 0.1) is 28.9 Å². The van der Waals surface area contributed by atoms with Crippen LogP contribution in [0.25, 0.3) is 5.69 Å². The van der Waals surface area contributed by atoms with E-state index in [1.807, 2.05) is 6.92 Å². The smallest absolute Gasteiger partial charge is 0.280 e. The van der Waals surface area contributed by atoms with Crippen LogP contribution in [0, 0.1) is 24.7 Å². The van der Waals surface area contributed by atoms with Crippen LogP contribution >= 0.6 is 0 Å². The van der Waals surface area contributed by atoms with Crippen molar-refractivity contribution in [2.75, 3.05) is 11.8 Å². The van der Waals surface area contributed by atoms with E-state index in [-0.39, 0.29) is 22.2 Å². The number of anilines is 1. The second-order valence-corrected chi connectivity index (χ2v) is 14.0. The molecule has 2 aromatic carbocycles. The maximum atomic E-state index is 13.4. The normalized spacial score (nSPS) is 24.5. The number of aromatic nitrogens is 4. The summed E-state index contributed by atoms with van der Waals surface area (Å²) in [5.41, 5.74) is 3.98. The summed E-state index contributed by atoms with van der Waals surface area (Å²) >= 11 is 0. The SMILES string of the molecule is COc1nccnc1NS(=O)(=O)c1ccc(N=Cc2c(C)[nH]n(-c3ccc(C45CC6CC(CC(C6)C4)C5)cc3)c2=O)cc1. The summed E-state index contributed by atoms with van der Waals surface area (Å²) in [7, 11) is -2.55. The molecule has 10 nitrogen and oxygen atoms in total. The number of nitrogens with zero attached hydrogens (tertiary/aromatic N) is 4. The van der Waals surface area contributed by atoms with Crippen molar-refractivity contribution < 1.29 is 13.2 Å². The van der Waals surface area contributed by atoms with Gasteiger partial charge >= 0.3 is 0 Å². The fourth-order valence-electron chi connectivity index (χ4n) is 7.90. The number of sulfonamides is 1. The van der Waals surface area contributed by atoms with Gasteiger partial charge in [0.1, 0.15) is 0 Å². The van der Waals surface area contributed by atoms with Gasteiger partial charge in [0.15, 0.2) is 0 Å². The summed E-state index contributed by atoms with van der Waals surface area (Å²) in [6, 6.07) is 14.6. The topological polar surface area (TPSA) is 131 Å². The summed E-state index contributed by atoms with van der Waals surface area (Å²) in [4.78, 5) is 25.8. The summed E-state index contributed by atoms with van der Waals surface area (Å²) in [6.07, 6.45) is 12.5. The third-order valence-corrected chi connectivity index (χ3v) is 10.8. The van der Waals surface area contributed by atoms with Gasteiger partial charge in [0, 0.05) is 24.3 Å². The zero-order valence-corrected chi connectivity index (χ0v) is 25.0. The van der Waals surface area contributed by atoms with Crippen molar-refractivity contribution in [1.29, 1.82) is 0 Å². The number of rotatable bonds is 8. The first-order valence-electron chi connectivity index (χ1n) is 14.7. The minimum Gasteiger partial charge on any atom is -0.478 e. The Bertz CT molecular complexity index is 1820. The second kappa shape index (κ2) is 10.5. The molecule has 4 bridgehead atoms. The molecule has 43 heavy (non-hydrogen) atoms. The van der Waals surface area contributed by atoms with Crippen molar-refractivity contribution in [1.82, 2.24) is 19.7 Å². The van der Waals surface area contributed by atoms with Gasteiger partial charge in [0.2, 0.25) is 5.82 Å². The van der Waals surface area contributed by atoms with Crippen LogP contribution in [0.1, 0.15) is 55.3 Å². The number of methoxy groups -OCH3 is 1. The summed E-state index contributed by atoms with van der Waals surface area (Å²) < 4.78 is 34.7. The van der Waals surface area contributed by atoms with Gasteiger partial charge in [-0.05, 0) is 111 Å². The molecule has 0 radical (unpaired) electrons. The quantitative estimate of drug-likeness (QED) is 0.265. The Balaban J connectivity index is 1.07. The van der Waals surface area contributed by atoms with E-state index in [1.165, 1.54) is 81.9 Å². The molecule has 4 aliphatic carbocycles. The van der Waals surface area contributed by atoms with Crippen LogP contribution in [-0.2, 0) is 15.4 Å². The number of aliphatic imine (C=N–C) groups is 1. The van der Waals surface area contributed by atoms with E-state index < -0.39 is 10.0 Å². The lowest BCUT2D eigenvalue weighted by Crippen LogP contribution is -2.48. The molecule has 4 aliphatic rings. The van der Waals surface area contributed by atoms with E-state index in [0.29, 0.717) is 22.4 Å². The van der Waals surface area contributed by atoms with Crippen molar-refractivity contribution in [2.24, 2.45) is 22.7 Å². The molecule has 4 aromatic rings. The molecular weight excluding hydrogens is 564 g/mol. The molecule has 11 heteroatoms. The van der Waals surface area contributed by atoms with Crippen LogP contribution in [0.15, 0.2) is 75.6 Å². The molecule has 0 amide bonds. The molecular formula is C32H34N6O4S. The molecule has 2 aromatic heterocycles. The summed E-state index contributed by atoms with van der Waals surface area (Å²) in [5, 5.41) is 3.19. The van der Waals surface area contributed by atoms with Gasteiger partial charge in [0.25, 0.3) is 21.5 Å². The Morgan fingerprint density at radius 1 is 0.977 bits per heavy atom. The van der Waals surface area contributed by atoms with E-state index in [9.17, 15) is 13.2 Å². The molecule has 2 heterocycles. The predicted molar refractivity (Wildman–Crippen MR) is 164 cm³/mol. The van der Waals surface area contributed by atoms with Gasteiger partial charge in [-0.3, -0.25) is 19.6 Å². The van der Waals surface area contributed by atoms with Crippen molar-refractivity contribution >= 4 is 27.7 Å². The van der Waals surface area contributed by atoms with Crippen molar-refractivity contribution in [3.63, 3.8) is 0 Å². The lowest BCUT2D eigenvalue weighted by atomic mass is 9.48. The zero-order chi connectivity index (χ0) is 29.8. The van der Waals surface area contributed by atoms with Gasteiger partial charge in [-0.2, -0.15) is 0 Å². The first-order chi connectivity index (χ1) is 20.7. The Hall–Kier alpha value is -4.25. The van der Waals surface area contributed by atoms with Crippen LogP contribution in [-0.4, -0.2) is 41.5 Å². The van der Waals surface area contributed by atoms with Crippen molar-refractivity contribution in [2.45, 2.75) is 55.8 Å². The largest absolute Gasteiger partial charge is 0.478 e. The van der Waals surface area contributed by atoms with Crippen LogP contribution in [0.5, 0.6) is 5.88 Å². The fourth-order valence-corrected chi connectivity index (χ4v) is 8.91. The number of ether oxygens (including phenoxy) is 1. The number of hydrogen-bond acceptors (Lipinski definition) is 7. The molecule has 222 valence electrons. The monoisotopic (exact) mass is 598 g/mol. The molecule has 0 aliphatic heterocycles. The number of aromatic amines is 1. The molecule has 0 saturated heterocycles. The van der Waals surface area contributed by atoms with Gasteiger partial charge in [-0.25, -0.2) is 23.1 Å². The highest BCUT2D eigenvalue weighted by atomic mass is 32.2. The van der Waals surface area contributed by atoms with Crippen LogP contribution in [0.4, 0.5) is 11.5 Å². The second-order valence-electron chi connectivity index (χ2n) is 12.3. The summed E-state index contributed by atoms with van der Waals surface area (Å²) in [6.45, 7) is 1.84. The van der Waals surface area contributed by atoms with Gasteiger partial charge in [-0.1, -0.05) is 12.1 Å². The van der Waals surface area contributed by atoms with Gasteiger partial charge in [-0.15, -0.1) is 0 Å². The zero-order valence-electron chi connectivity index (χ0n) is 24.2. The van der Waals surface area contributed by atoms with E-state index in [0.717, 1.165) is 23.4 Å². The predicted octanol–water partition coefficient (Wildman–Crippen LogP) is 5.29. The van der Waals surface area contributed by atoms with Crippen molar-refractivity contribution in [3.05, 3.63) is 88.1 Å². The van der Waals surface area contributed by atoms with E-state index >= 15 is 0 Å². The Labute approximate surface area is 250 Å². The molecule has 0 unspecified atom stereocenters.